The standard InChI is InChI=1S/C31H32F4O2/c1-3-5-6-20-7-9-21(10-8-20)23-12-15-24(37-19-23)14-11-22-13-16-25(29(33)28(22)32)26-17-18-27(36-4-2)31(35)30(26)34/h3,7-10,13,16-18,23-24H,1,4-6,11-12,14-15,19H2,2H3. The first kappa shape index (κ1) is 26.9. The molecule has 0 aromatic heterocycles. The molecule has 1 saturated heterocycles. The smallest absolute Gasteiger partial charge is 0.201 e. The van der Waals surface area contributed by atoms with Crippen molar-refractivity contribution in [1.82, 2.24) is 0 Å². The number of hydrogen-bond acceptors (Lipinski definition) is 2. The summed E-state index contributed by atoms with van der Waals surface area (Å²) in [4.78, 5) is 0. The normalized spacial score (nSPS) is 17.5. The molecule has 196 valence electrons. The molecule has 0 spiro atoms. The Balaban J connectivity index is 1.35. The molecule has 1 aliphatic rings. The molecular weight excluding hydrogens is 480 g/mol. The molecule has 3 aromatic rings. The fourth-order valence-corrected chi connectivity index (χ4v) is 4.84. The van der Waals surface area contributed by atoms with Gasteiger partial charge in [-0.3, -0.25) is 0 Å². The Hall–Kier alpha value is -3.12. The van der Waals surface area contributed by atoms with Crippen LogP contribution < -0.4 is 4.74 Å². The third kappa shape index (κ3) is 6.24. The molecule has 0 bridgehead atoms. The Kier molecular flexibility index (Phi) is 9.04. The molecule has 3 aromatic carbocycles. The highest BCUT2D eigenvalue weighted by Crippen LogP contribution is 2.34. The Bertz CT molecular complexity index is 1210. The van der Waals surface area contributed by atoms with Crippen LogP contribution in [0.1, 0.15) is 55.2 Å². The molecule has 2 atom stereocenters. The lowest BCUT2D eigenvalue weighted by molar-refractivity contribution is -0.000670. The van der Waals surface area contributed by atoms with Gasteiger partial charge in [0.1, 0.15) is 0 Å². The number of rotatable bonds is 10. The number of allylic oxidation sites excluding steroid dienone is 1. The van der Waals surface area contributed by atoms with E-state index in [0.29, 0.717) is 18.9 Å². The average Bonchev–Trinajstić information content (AvgIpc) is 2.92. The minimum Gasteiger partial charge on any atom is -0.491 e. The molecule has 2 unspecified atom stereocenters. The van der Waals surface area contributed by atoms with Gasteiger partial charge in [-0.05, 0) is 74.3 Å². The minimum absolute atomic E-state index is 0.0390. The summed E-state index contributed by atoms with van der Waals surface area (Å²) in [5, 5.41) is 0. The maximum atomic E-state index is 14.9. The molecule has 2 nitrogen and oxygen atoms in total. The summed E-state index contributed by atoms with van der Waals surface area (Å²) in [5.74, 6) is -4.68. The van der Waals surface area contributed by atoms with E-state index in [1.165, 1.54) is 35.4 Å². The van der Waals surface area contributed by atoms with E-state index in [0.717, 1.165) is 25.7 Å². The van der Waals surface area contributed by atoms with Crippen molar-refractivity contribution in [3.8, 4) is 16.9 Å². The topological polar surface area (TPSA) is 18.5 Å². The van der Waals surface area contributed by atoms with Gasteiger partial charge >= 0.3 is 0 Å². The molecule has 0 amide bonds. The zero-order valence-corrected chi connectivity index (χ0v) is 21.0. The molecule has 0 radical (unpaired) electrons. The van der Waals surface area contributed by atoms with E-state index in [4.69, 9.17) is 9.47 Å². The average molecular weight is 513 g/mol. The molecule has 37 heavy (non-hydrogen) atoms. The second-order valence-corrected chi connectivity index (χ2v) is 9.41. The molecule has 1 aliphatic heterocycles. The third-order valence-corrected chi connectivity index (χ3v) is 6.99. The molecule has 6 heteroatoms. The van der Waals surface area contributed by atoms with Crippen molar-refractivity contribution in [2.24, 2.45) is 0 Å². The molecule has 0 aliphatic carbocycles. The van der Waals surface area contributed by atoms with Crippen LogP contribution in [-0.2, 0) is 17.6 Å². The number of aryl methyl sites for hydroxylation is 2. The first-order valence-electron chi connectivity index (χ1n) is 12.8. The lowest BCUT2D eigenvalue weighted by atomic mass is 9.89. The highest BCUT2D eigenvalue weighted by molar-refractivity contribution is 5.66. The third-order valence-electron chi connectivity index (χ3n) is 6.99. The van der Waals surface area contributed by atoms with Crippen LogP contribution >= 0.6 is 0 Å². The van der Waals surface area contributed by atoms with E-state index in [1.54, 1.807) is 6.92 Å². The maximum Gasteiger partial charge on any atom is 0.201 e. The first-order valence-corrected chi connectivity index (χ1v) is 12.8. The van der Waals surface area contributed by atoms with Gasteiger partial charge in [-0.15, -0.1) is 6.58 Å². The van der Waals surface area contributed by atoms with Crippen LogP contribution in [0.3, 0.4) is 0 Å². The van der Waals surface area contributed by atoms with Crippen LogP contribution in [-0.4, -0.2) is 19.3 Å². The van der Waals surface area contributed by atoms with Gasteiger partial charge in [0.2, 0.25) is 5.82 Å². The van der Waals surface area contributed by atoms with Crippen molar-refractivity contribution in [2.75, 3.05) is 13.2 Å². The lowest BCUT2D eigenvalue weighted by Crippen LogP contribution is -2.25. The summed E-state index contributed by atoms with van der Waals surface area (Å²) in [5.41, 5.74) is 2.05. The van der Waals surface area contributed by atoms with Gasteiger partial charge in [0.25, 0.3) is 0 Å². The number of hydrogen-bond donors (Lipinski definition) is 0. The Morgan fingerprint density at radius 2 is 1.57 bits per heavy atom. The molecule has 1 fully saturated rings. The monoisotopic (exact) mass is 512 g/mol. The van der Waals surface area contributed by atoms with Crippen LogP contribution in [0, 0.1) is 23.3 Å². The Morgan fingerprint density at radius 3 is 2.22 bits per heavy atom. The van der Waals surface area contributed by atoms with Crippen LogP contribution in [0.2, 0.25) is 0 Å². The largest absolute Gasteiger partial charge is 0.491 e. The van der Waals surface area contributed by atoms with Crippen LogP contribution in [0.4, 0.5) is 17.6 Å². The van der Waals surface area contributed by atoms with Crippen LogP contribution in [0.5, 0.6) is 5.75 Å². The summed E-state index contributed by atoms with van der Waals surface area (Å²) in [7, 11) is 0. The van der Waals surface area contributed by atoms with E-state index in [-0.39, 0.29) is 41.6 Å². The number of halogens is 4. The van der Waals surface area contributed by atoms with Crippen molar-refractivity contribution >= 4 is 0 Å². The van der Waals surface area contributed by atoms with Gasteiger partial charge in [-0.1, -0.05) is 42.5 Å². The van der Waals surface area contributed by atoms with Crippen molar-refractivity contribution < 1.29 is 27.0 Å². The van der Waals surface area contributed by atoms with E-state index in [9.17, 15) is 17.6 Å². The molecule has 0 N–H and O–H groups in total. The van der Waals surface area contributed by atoms with E-state index in [1.807, 2.05) is 6.08 Å². The molecule has 1 heterocycles. The zero-order chi connectivity index (χ0) is 26.4. The fourth-order valence-electron chi connectivity index (χ4n) is 4.84. The van der Waals surface area contributed by atoms with Gasteiger partial charge in [0.15, 0.2) is 23.2 Å². The first-order chi connectivity index (χ1) is 17.9. The highest BCUT2D eigenvalue weighted by Gasteiger charge is 2.25. The predicted octanol–water partition coefficient (Wildman–Crippen LogP) is 8.32. The molecule has 4 rings (SSSR count). The van der Waals surface area contributed by atoms with E-state index >= 15 is 0 Å². The molecular formula is C31H32F4O2. The van der Waals surface area contributed by atoms with Gasteiger partial charge in [-0.25, -0.2) is 13.2 Å². The Labute approximate surface area is 215 Å². The van der Waals surface area contributed by atoms with E-state index in [2.05, 4.69) is 30.8 Å². The SMILES string of the molecule is C=CCCc1ccc(C2CCC(CCc3ccc(-c4ccc(OCC)c(F)c4F)c(F)c3F)OC2)cc1. The summed E-state index contributed by atoms with van der Waals surface area (Å²) in [6.45, 7) is 6.15. The quantitative estimate of drug-likeness (QED) is 0.201. The summed E-state index contributed by atoms with van der Waals surface area (Å²) in [6, 6.07) is 13.8. The summed E-state index contributed by atoms with van der Waals surface area (Å²) in [6.07, 6.45) is 6.46. The second-order valence-electron chi connectivity index (χ2n) is 9.41. The summed E-state index contributed by atoms with van der Waals surface area (Å²) < 4.78 is 69.6. The van der Waals surface area contributed by atoms with Gasteiger partial charge in [0.05, 0.1) is 19.3 Å². The van der Waals surface area contributed by atoms with Gasteiger partial charge < -0.3 is 9.47 Å². The lowest BCUT2D eigenvalue weighted by Gasteiger charge is -2.29. The number of benzene rings is 3. The maximum absolute atomic E-state index is 14.9. The second kappa shape index (κ2) is 12.4. The fraction of sp³-hybridized carbons (Fsp3) is 0.355. The zero-order valence-electron chi connectivity index (χ0n) is 21.0. The van der Waals surface area contributed by atoms with Crippen LogP contribution in [0.25, 0.3) is 11.1 Å². The van der Waals surface area contributed by atoms with Crippen LogP contribution in [0.15, 0.2) is 61.2 Å². The van der Waals surface area contributed by atoms with Crippen molar-refractivity contribution in [3.05, 3.63) is 101 Å². The predicted molar refractivity (Wildman–Crippen MR) is 138 cm³/mol. The number of ether oxygens (including phenoxy) is 2. The highest BCUT2D eigenvalue weighted by atomic mass is 19.2. The molecule has 0 saturated carbocycles. The Morgan fingerprint density at radius 1 is 0.865 bits per heavy atom. The van der Waals surface area contributed by atoms with E-state index < -0.39 is 23.3 Å². The van der Waals surface area contributed by atoms with Gasteiger partial charge in [0, 0.05) is 17.0 Å². The van der Waals surface area contributed by atoms with Crippen molar-refractivity contribution in [3.63, 3.8) is 0 Å². The van der Waals surface area contributed by atoms with Gasteiger partial charge in [-0.2, -0.15) is 4.39 Å². The van der Waals surface area contributed by atoms with Crippen molar-refractivity contribution in [2.45, 2.75) is 57.5 Å². The minimum atomic E-state index is -1.27. The van der Waals surface area contributed by atoms with Crippen molar-refractivity contribution in [1.29, 1.82) is 0 Å². The summed E-state index contributed by atoms with van der Waals surface area (Å²) >= 11 is 0.